The number of amides is 2. The van der Waals surface area contributed by atoms with Crippen molar-refractivity contribution in [1.29, 1.82) is 0 Å². The Kier molecular flexibility index (Phi) is 7.43. The van der Waals surface area contributed by atoms with Gasteiger partial charge in [-0.15, -0.1) is 0 Å². The van der Waals surface area contributed by atoms with Crippen molar-refractivity contribution in [3.05, 3.63) is 65.2 Å². The Morgan fingerprint density at radius 3 is 2.18 bits per heavy atom. The van der Waals surface area contributed by atoms with Gasteiger partial charge in [0, 0.05) is 12.1 Å². The summed E-state index contributed by atoms with van der Waals surface area (Å²) < 4.78 is 37.7. The summed E-state index contributed by atoms with van der Waals surface area (Å²) in [5.74, 6) is 0.0479. The van der Waals surface area contributed by atoms with Gasteiger partial charge in [-0.1, -0.05) is 19.1 Å². The first kappa shape index (κ1) is 24.3. The van der Waals surface area contributed by atoms with Gasteiger partial charge in [-0.25, -0.2) is 12.7 Å². The molecule has 0 unspecified atom stereocenters. The SMILES string of the molecule is CCC1=C(c2ccc(OC)cc2)S(=O)(=O)N(CC(=O)NCc2ccc(OC(C)C)cc2)C1=O. The summed E-state index contributed by atoms with van der Waals surface area (Å²) in [6.07, 6.45) is 0.280. The second-order valence-corrected chi connectivity index (χ2v) is 9.59. The van der Waals surface area contributed by atoms with Gasteiger partial charge in [-0.3, -0.25) is 9.59 Å². The van der Waals surface area contributed by atoms with Crippen LogP contribution in [0.15, 0.2) is 54.1 Å². The second-order valence-electron chi connectivity index (χ2n) is 7.79. The highest BCUT2D eigenvalue weighted by molar-refractivity contribution is 7.99. The molecule has 0 atom stereocenters. The summed E-state index contributed by atoms with van der Waals surface area (Å²) in [5.41, 5.74) is 1.36. The molecule has 0 aromatic heterocycles. The van der Waals surface area contributed by atoms with Gasteiger partial charge >= 0.3 is 0 Å². The molecule has 176 valence electrons. The number of rotatable bonds is 9. The van der Waals surface area contributed by atoms with Crippen molar-refractivity contribution in [3.8, 4) is 11.5 Å². The van der Waals surface area contributed by atoms with E-state index in [9.17, 15) is 18.0 Å². The molecule has 1 aliphatic rings. The first-order chi connectivity index (χ1) is 15.7. The lowest BCUT2D eigenvalue weighted by Gasteiger charge is -2.17. The highest BCUT2D eigenvalue weighted by Crippen LogP contribution is 2.37. The lowest BCUT2D eigenvalue weighted by Crippen LogP contribution is -2.41. The topological polar surface area (TPSA) is 102 Å². The highest BCUT2D eigenvalue weighted by atomic mass is 32.2. The molecule has 2 aromatic rings. The molecule has 1 aliphatic heterocycles. The van der Waals surface area contributed by atoms with Crippen LogP contribution in [-0.2, 0) is 26.2 Å². The van der Waals surface area contributed by atoms with E-state index in [2.05, 4.69) is 5.32 Å². The minimum absolute atomic E-state index is 0.0555. The van der Waals surface area contributed by atoms with E-state index in [0.717, 1.165) is 11.3 Å². The molecular weight excluding hydrogens is 444 g/mol. The standard InChI is InChI=1S/C24H28N2O6S/c1-5-21-23(18-8-12-19(31-4)13-9-18)33(29,30)26(24(21)28)15-22(27)25-14-17-6-10-20(11-7-17)32-16(2)3/h6-13,16H,5,14-15H2,1-4H3,(H,25,27). The van der Waals surface area contributed by atoms with Crippen LogP contribution in [0.4, 0.5) is 0 Å². The van der Waals surface area contributed by atoms with Crippen LogP contribution in [0.2, 0.25) is 0 Å². The van der Waals surface area contributed by atoms with Gasteiger partial charge in [0.2, 0.25) is 5.91 Å². The maximum absolute atomic E-state index is 13.2. The Balaban J connectivity index is 1.70. The van der Waals surface area contributed by atoms with Crippen LogP contribution in [-0.4, -0.2) is 44.3 Å². The van der Waals surface area contributed by atoms with Gasteiger partial charge in [0.25, 0.3) is 15.9 Å². The number of nitrogens with one attached hydrogen (secondary N) is 1. The van der Waals surface area contributed by atoms with E-state index in [0.29, 0.717) is 15.6 Å². The molecule has 0 saturated carbocycles. The van der Waals surface area contributed by atoms with E-state index in [1.807, 2.05) is 26.0 Å². The van der Waals surface area contributed by atoms with Crippen LogP contribution < -0.4 is 14.8 Å². The minimum atomic E-state index is -4.16. The third-order valence-corrected chi connectivity index (χ3v) is 6.96. The molecule has 2 aromatic carbocycles. The maximum atomic E-state index is 13.2. The maximum Gasteiger partial charge on any atom is 0.268 e. The Hall–Kier alpha value is -3.33. The smallest absolute Gasteiger partial charge is 0.268 e. The van der Waals surface area contributed by atoms with Gasteiger partial charge < -0.3 is 14.8 Å². The normalized spacial score (nSPS) is 15.2. The van der Waals surface area contributed by atoms with Crippen molar-refractivity contribution < 1.29 is 27.5 Å². The Labute approximate surface area is 194 Å². The van der Waals surface area contributed by atoms with Crippen LogP contribution in [0.5, 0.6) is 11.5 Å². The van der Waals surface area contributed by atoms with E-state index in [-0.39, 0.29) is 29.5 Å². The number of carbonyl (C=O) groups is 2. The summed E-state index contributed by atoms with van der Waals surface area (Å²) in [5, 5.41) is 2.67. The van der Waals surface area contributed by atoms with Gasteiger partial charge in [0.1, 0.15) is 22.9 Å². The quantitative estimate of drug-likeness (QED) is 0.602. The van der Waals surface area contributed by atoms with Crippen molar-refractivity contribution in [1.82, 2.24) is 9.62 Å². The molecule has 0 radical (unpaired) electrons. The molecule has 0 fully saturated rings. The van der Waals surface area contributed by atoms with E-state index >= 15 is 0 Å². The van der Waals surface area contributed by atoms with Crippen molar-refractivity contribution in [2.75, 3.05) is 13.7 Å². The van der Waals surface area contributed by atoms with Crippen LogP contribution in [0.25, 0.3) is 4.91 Å². The predicted octanol–water partition coefficient (Wildman–Crippen LogP) is 3.09. The Morgan fingerprint density at radius 2 is 1.64 bits per heavy atom. The van der Waals surface area contributed by atoms with Crippen molar-refractivity contribution in [2.45, 2.75) is 39.8 Å². The number of nitrogens with zero attached hydrogens (tertiary/aromatic N) is 1. The molecule has 3 rings (SSSR count). The Morgan fingerprint density at radius 1 is 1.03 bits per heavy atom. The summed E-state index contributed by atoms with van der Waals surface area (Å²) in [6.45, 7) is 5.19. The number of hydrogen-bond donors (Lipinski definition) is 1. The van der Waals surface area contributed by atoms with Crippen molar-refractivity contribution in [2.24, 2.45) is 0 Å². The van der Waals surface area contributed by atoms with Gasteiger partial charge in [-0.05, 0) is 67.8 Å². The third-order valence-electron chi connectivity index (χ3n) is 5.08. The molecule has 0 aliphatic carbocycles. The summed E-state index contributed by atoms with van der Waals surface area (Å²) in [4.78, 5) is 25.3. The molecule has 1 heterocycles. The predicted molar refractivity (Wildman–Crippen MR) is 125 cm³/mol. The number of benzene rings is 2. The lowest BCUT2D eigenvalue weighted by atomic mass is 10.1. The van der Waals surface area contributed by atoms with Crippen LogP contribution in [0, 0.1) is 0 Å². The molecule has 33 heavy (non-hydrogen) atoms. The van der Waals surface area contributed by atoms with E-state index in [1.54, 1.807) is 43.3 Å². The van der Waals surface area contributed by atoms with Crippen LogP contribution >= 0.6 is 0 Å². The van der Waals surface area contributed by atoms with Crippen molar-refractivity contribution >= 4 is 26.7 Å². The first-order valence-electron chi connectivity index (χ1n) is 10.6. The zero-order chi connectivity index (χ0) is 24.2. The van der Waals surface area contributed by atoms with Crippen LogP contribution in [0.3, 0.4) is 0 Å². The first-order valence-corrected chi connectivity index (χ1v) is 12.1. The average molecular weight is 473 g/mol. The summed E-state index contributed by atoms with van der Waals surface area (Å²) >= 11 is 0. The fourth-order valence-corrected chi connectivity index (χ4v) is 5.31. The minimum Gasteiger partial charge on any atom is -0.497 e. The van der Waals surface area contributed by atoms with Gasteiger partial charge in [-0.2, -0.15) is 0 Å². The second kappa shape index (κ2) is 10.1. The molecule has 9 heteroatoms. The fourth-order valence-electron chi connectivity index (χ4n) is 3.50. The molecule has 2 amide bonds. The molecule has 8 nitrogen and oxygen atoms in total. The van der Waals surface area contributed by atoms with E-state index in [4.69, 9.17) is 9.47 Å². The zero-order valence-corrected chi connectivity index (χ0v) is 19.9. The molecule has 0 saturated heterocycles. The monoisotopic (exact) mass is 472 g/mol. The van der Waals surface area contributed by atoms with Gasteiger partial charge in [0.05, 0.1) is 13.2 Å². The number of hydrogen-bond acceptors (Lipinski definition) is 6. The fraction of sp³-hybridized carbons (Fsp3) is 0.333. The average Bonchev–Trinajstić information content (AvgIpc) is 2.98. The molecule has 1 N–H and O–H groups in total. The zero-order valence-electron chi connectivity index (χ0n) is 19.1. The Bertz CT molecular complexity index is 1150. The largest absolute Gasteiger partial charge is 0.497 e. The van der Waals surface area contributed by atoms with E-state index in [1.165, 1.54) is 7.11 Å². The third kappa shape index (κ3) is 5.36. The molecule has 0 bridgehead atoms. The number of carbonyl (C=O) groups excluding carboxylic acids is 2. The number of sulfonamides is 1. The van der Waals surface area contributed by atoms with Crippen LogP contribution in [0.1, 0.15) is 38.3 Å². The molecular formula is C24H28N2O6S. The molecule has 0 spiro atoms. The highest BCUT2D eigenvalue weighted by Gasteiger charge is 2.44. The van der Waals surface area contributed by atoms with Crippen molar-refractivity contribution in [3.63, 3.8) is 0 Å². The summed E-state index contributed by atoms with van der Waals surface area (Å²) in [7, 11) is -2.65. The number of ether oxygens (including phenoxy) is 2. The lowest BCUT2D eigenvalue weighted by molar-refractivity contribution is -0.128. The van der Waals surface area contributed by atoms with E-state index < -0.39 is 28.4 Å². The number of methoxy groups -OCH3 is 1. The van der Waals surface area contributed by atoms with Gasteiger partial charge in [0.15, 0.2) is 0 Å². The summed E-state index contributed by atoms with van der Waals surface area (Å²) in [6, 6.07) is 13.7.